The zero-order chi connectivity index (χ0) is 24.1. The lowest BCUT2D eigenvalue weighted by Crippen LogP contribution is -2.35. The molecule has 1 fully saturated rings. The van der Waals surface area contributed by atoms with Crippen LogP contribution >= 0.6 is 11.6 Å². The normalized spacial score (nSPS) is 16.6. The quantitative estimate of drug-likeness (QED) is 0.490. The molecule has 180 valence electrons. The van der Waals surface area contributed by atoms with E-state index >= 15 is 0 Å². The van der Waals surface area contributed by atoms with E-state index in [0.717, 1.165) is 31.6 Å². The van der Waals surface area contributed by atoms with Crippen LogP contribution in [0.3, 0.4) is 0 Å². The summed E-state index contributed by atoms with van der Waals surface area (Å²) in [6.07, 6.45) is 4.19. The fraction of sp³-hybridized carbons (Fsp3) is 0.400. The fourth-order valence-corrected chi connectivity index (χ4v) is 4.06. The maximum absolute atomic E-state index is 12.3. The molecule has 1 N–H and O–H groups in total. The maximum atomic E-state index is 12.3. The molecule has 2 heterocycles. The summed E-state index contributed by atoms with van der Waals surface area (Å²) >= 11 is 6.49. The van der Waals surface area contributed by atoms with Gasteiger partial charge in [0.05, 0.1) is 22.0 Å². The lowest BCUT2D eigenvalue weighted by atomic mass is 10.1. The maximum Gasteiger partial charge on any atom is 0.262 e. The number of hydrogen-bond donors (Lipinski definition) is 1. The van der Waals surface area contributed by atoms with Gasteiger partial charge in [-0.15, -0.1) is 0 Å². The van der Waals surface area contributed by atoms with Gasteiger partial charge >= 0.3 is 0 Å². The molecule has 1 saturated heterocycles. The van der Waals surface area contributed by atoms with Crippen molar-refractivity contribution in [2.24, 2.45) is 0 Å². The summed E-state index contributed by atoms with van der Waals surface area (Å²) in [6, 6.07) is 11.0. The molecule has 1 aliphatic heterocycles. The lowest BCUT2D eigenvalue weighted by molar-refractivity contribution is -0.135. The number of likely N-dealkylation sites (N-methyl/N-ethyl adjacent to an activating group) is 1. The van der Waals surface area contributed by atoms with Crippen LogP contribution in [0.25, 0.3) is 10.9 Å². The Balaban J connectivity index is 1.53. The Labute approximate surface area is 204 Å². The van der Waals surface area contributed by atoms with Crippen molar-refractivity contribution in [3.63, 3.8) is 0 Å². The summed E-state index contributed by atoms with van der Waals surface area (Å²) in [5, 5.41) is 4.46. The minimum atomic E-state index is -0.660. The number of anilines is 2. The van der Waals surface area contributed by atoms with Crippen molar-refractivity contribution in [2.75, 3.05) is 32.6 Å². The van der Waals surface area contributed by atoms with Crippen molar-refractivity contribution in [1.82, 2.24) is 14.9 Å². The minimum Gasteiger partial charge on any atom is -0.489 e. The number of hydrogen-bond acceptors (Lipinski definition) is 7. The van der Waals surface area contributed by atoms with Crippen molar-refractivity contribution in [3.8, 4) is 11.5 Å². The van der Waals surface area contributed by atoms with Crippen molar-refractivity contribution >= 4 is 39.9 Å². The third-order valence-corrected chi connectivity index (χ3v) is 5.91. The van der Waals surface area contributed by atoms with Gasteiger partial charge in [-0.25, -0.2) is 9.97 Å². The Morgan fingerprint density at radius 2 is 2.09 bits per heavy atom. The van der Waals surface area contributed by atoms with Crippen LogP contribution in [0.4, 0.5) is 11.5 Å². The van der Waals surface area contributed by atoms with Crippen LogP contribution < -0.4 is 14.8 Å². The van der Waals surface area contributed by atoms with E-state index in [9.17, 15) is 4.79 Å². The first-order valence-electron chi connectivity index (χ1n) is 11.3. The standard InChI is InChI=1S/C25H29ClN4O4/c1-16(25(31)30(2)3)34-22-9-6-8-20-23(22)24(28-15-27-20)29-17-10-11-21(19(26)13-17)33-14-18-7-4-5-12-32-18/h6,8-11,13,15-16,18H,4-5,7,12,14H2,1-3H3,(H,27,28,29)/t16-,18?/m0/s1. The molecule has 9 heteroatoms. The topological polar surface area (TPSA) is 85.8 Å². The SMILES string of the molecule is C[C@H](Oc1cccc2ncnc(Nc3ccc(OCC4CCCCO4)c(Cl)c3)c12)C(=O)N(C)C. The fourth-order valence-electron chi connectivity index (χ4n) is 3.83. The highest BCUT2D eigenvalue weighted by Crippen LogP contribution is 2.34. The van der Waals surface area contributed by atoms with Crippen molar-refractivity contribution < 1.29 is 19.0 Å². The number of halogens is 1. The van der Waals surface area contributed by atoms with Gasteiger partial charge in [0, 0.05) is 26.4 Å². The number of aromatic nitrogens is 2. The average molecular weight is 485 g/mol. The van der Waals surface area contributed by atoms with Crippen LogP contribution in [0.15, 0.2) is 42.7 Å². The molecule has 8 nitrogen and oxygen atoms in total. The van der Waals surface area contributed by atoms with E-state index in [1.54, 1.807) is 33.2 Å². The van der Waals surface area contributed by atoms with E-state index in [0.29, 0.717) is 39.8 Å². The summed E-state index contributed by atoms with van der Waals surface area (Å²) in [4.78, 5) is 22.6. The summed E-state index contributed by atoms with van der Waals surface area (Å²) in [5.41, 5.74) is 1.43. The smallest absolute Gasteiger partial charge is 0.262 e. The second-order valence-electron chi connectivity index (χ2n) is 8.44. The Morgan fingerprint density at radius 1 is 1.24 bits per heavy atom. The summed E-state index contributed by atoms with van der Waals surface area (Å²) in [6.45, 7) is 2.98. The first kappa shape index (κ1) is 24.0. The van der Waals surface area contributed by atoms with E-state index in [1.807, 2.05) is 24.3 Å². The molecule has 0 aliphatic carbocycles. The van der Waals surface area contributed by atoms with Gasteiger partial charge in [-0.1, -0.05) is 17.7 Å². The zero-order valence-electron chi connectivity index (χ0n) is 19.6. The zero-order valence-corrected chi connectivity index (χ0v) is 20.3. The van der Waals surface area contributed by atoms with Crippen LogP contribution in [0.1, 0.15) is 26.2 Å². The monoisotopic (exact) mass is 484 g/mol. The van der Waals surface area contributed by atoms with Crippen LogP contribution in [0.2, 0.25) is 5.02 Å². The van der Waals surface area contributed by atoms with Crippen molar-refractivity contribution in [1.29, 1.82) is 0 Å². The van der Waals surface area contributed by atoms with E-state index < -0.39 is 6.10 Å². The van der Waals surface area contributed by atoms with Gasteiger partial charge in [0.15, 0.2) is 6.10 Å². The predicted octanol–water partition coefficient (Wildman–Crippen LogP) is 4.83. The molecule has 2 aromatic carbocycles. The average Bonchev–Trinajstić information content (AvgIpc) is 2.84. The van der Waals surface area contributed by atoms with Gasteiger partial charge in [0.1, 0.15) is 30.3 Å². The van der Waals surface area contributed by atoms with Gasteiger partial charge in [-0.05, 0) is 56.5 Å². The minimum absolute atomic E-state index is 0.107. The largest absolute Gasteiger partial charge is 0.489 e. The van der Waals surface area contributed by atoms with Crippen LogP contribution in [0.5, 0.6) is 11.5 Å². The molecule has 1 aromatic heterocycles. The first-order chi connectivity index (χ1) is 16.4. The number of fused-ring (bicyclic) bond motifs is 1. The molecule has 2 atom stereocenters. The molecule has 34 heavy (non-hydrogen) atoms. The molecule has 0 bridgehead atoms. The number of nitrogens with zero attached hydrogens (tertiary/aromatic N) is 3. The van der Waals surface area contributed by atoms with E-state index in [1.165, 1.54) is 11.2 Å². The summed E-state index contributed by atoms with van der Waals surface area (Å²) < 4.78 is 17.6. The van der Waals surface area contributed by atoms with Gasteiger partial charge in [0.25, 0.3) is 5.91 Å². The van der Waals surface area contributed by atoms with E-state index in [-0.39, 0.29) is 12.0 Å². The molecule has 0 saturated carbocycles. The number of carbonyl (C=O) groups excluding carboxylic acids is 1. The Kier molecular flexibility index (Phi) is 7.70. The third kappa shape index (κ3) is 5.69. The van der Waals surface area contributed by atoms with Gasteiger partial charge in [-0.3, -0.25) is 4.79 Å². The molecule has 1 unspecified atom stereocenters. The van der Waals surface area contributed by atoms with Gasteiger partial charge in [-0.2, -0.15) is 0 Å². The lowest BCUT2D eigenvalue weighted by Gasteiger charge is -2.23. The van der Waals surface area contributed by atoms with Crippen molar-refractivity contribution in [3.05, 3.63) is 47.7 Å². The van der Waals surface area contributed by atoms with Crippen LogP contribution in [-0.4, -0.2) is 60.3 Å². The number of carbonyl (C=O) groups is 1. The summed E-state index contributed by atoms with van der Waals surface area (Å²) in [7, 11) is 3.39. The second kappa shape index (κ2) is 10.9. The van der Waals surface area contributed by atoms with E-state index in [4.69, 9.17) is 25.8 Å². The van der Waals surface area contributed by atoms with Gasteiger partial charge in [0.2, 0.25) is 0 Å². The number of ether oxygens (including phenoxy) is 3. The molecule has 1 amide bonds. The molecular formula is C25H29ClN4O4. The molecular weight excluding hydrogens is 456 g/mol. The highest BCUT2D eigenvalue weighted by molar-refractivity contribution is 6.32. The first-order valence-corrected chi connectivity index (χ1v) is 11.7. The number of amides is 1. The van der Waals surface area contributed by atoms with Crippen molar-refractivity contribution in [2.45, 2.75) is 38.4 Å². The Morgan fingerprint density at radius 3 is 2.82 bits per heavy atom. The second-order valence-corrected chi connectivity index (χ2v) is 8.84. The third-order valence-electron chi connectivity index (χ3n) is 5.61. The molecule has 4 rings (SSSR count). The highest BCUT2D eigenvalue weighted by Gasteiger charge is 2.20. The van der Waals surface area contributed by atoms with Crippen LogP contribution in [-0.2, 0) is 9.53 Å². The summed E-state index contributed by atoms with van der Waals surface area (Å²) in [5.74, 6) is 1.53. The number of benzene rings is 2. The predicted molar refractivity (Wildman–Crippen MR) is 132 cm³/mol. The molecule has 3 aromatic rings. The molecule has 0 spiro atoms. The molecule has 1 aliphatic rings. The van der Waals surface area contributed by atoms with Gasteiger partial charge < -0.3 is 24.4 Å². The highest BCUT2D eigenvalue weighted by atomic mass is 35.5. The molecule has 0 radical (unpaired) electrons. The number of nitrogens with one attached hydrogen (secondary N) is 1. The Bertz CT molecular complexity index is 1150. The Hall–Kier alpha value is -3.10. The number of rotatable bonds is 8. The van der Waals surface area contributed by atoms with Crippen LogP contribution in [0, 0.1) is 0 Å². The van der Waals surface area contributed by atoms with E-state index in [2.05, 4.69) is 15.3 Å².